The molecule has 0 radical (unpaired) electrons. The molecule has 0 spiro atoms. The first-order chi connectivity index (χ1) is 14.5. The predicted molar refractivity (Wildman–Crippen MR) is 107 cm³/mol. The molecule has 1 N–H and O–H groups in total. The average Bonchev–Trinajstić information content (AvgIpc) is 3.25. The quantitative estimate of drug-likeness (QED) is 0.242. The van der Waals surface area contributed by atoms with Gasteiger partial charge in [-0.3, -0.25) is 10.1 Å². The van der Waals surface area contributed by atoms with Crippen molar-refractivity contribution in [2.24, 2.45) is 0 Å². The maximum atomic E-state index is 12.7. The third kappa shape index (κ3) is 4.97. The van der Waals surface area contributed by atoms with E-state index in [9.17, 15) is 14.9 Å². The van der Waals surface area contributed by atoms with Crippen LogP contribution in [-0.4, -0.2) is 41.4 Å². The molecule has 0 aliphatic rings. The van der Waals surface area contributed by atoms with E-state index in [1.165, 1.54) is 12.1 Å². The zero-order valence-corrected chi connectivity index (χ0v) is 16.4. The van der Waals surface area contributed by atoms with E-state index in [1.54, 1.807) is 14.0 Å². The van der Waals surface area contributed by atoms with Gasteiger partial charge in [-0.25, -0.2) is 4.79 Å². The Bertz CT molecular complexity index is 1020. The van der Waals surface area contributed by atoms with Crippen molar-refractivity contribution in [2.45, 2.75) is 13.0 Å². The standard InChI is InChI=1S/C20H20N4O6/c1-13(18-22-23-19(30-18)14-6-4-3-5-7-14)29-20(25)16-12-15(24(26)27)8-9-17(16)21-10-11-28-2/h3-9,12-13,21H,10-11H2,1-2H3/t13-/m0/s1. The topological polar surface area (TPSA) is 130 Å². The van der Waals surface area contributed by atoms with Crippen LogP contribution in [0.1, 0.15) is 29.3 Å². The monoisotopic (exact) mass is 412 g/mol. The average molecular weight is 412 g/mol. The van der Waals surface area contributed by atoms with Gasteiger partial charge in [-0.1, -0.05) is 18.2 Å². The summed E-state index contributed by atoms with van der Waals surface area (Å²) < 4.78 is 16.0. The molecule has 0 bridgehead atoms. The van der Waals surface area contributed by atoms with Gasteiger partial charge < -0.3 is 19.2 Å². The largest absolute Gasteiger partial charge is 0.449 e. The summed E-state index contributed by atoms with van der Waals surface area (Å²) in [5.41, 5.74) is 0.925. The molecule has 0 amide bonds. The number of non-ortho nitro benzene ring substituents is 1. The Morgan fingerprint density at radius 1 is 1.23 bits per heavy atom. The molecule has 1 atom stereocenters. The van der Waals surface area contributed by atoms with Crippen LogP contribution >= 0.6 is 0 Å². The molecule has 30 heavy (non-hydrogen) atoms. The van der Waals surface area contributed by atoms with Crippen molar-refractivity contribution in [3.05, 3.63) is 70.1 Å². The van der Waals surface area contributed by atoms with Crippen molar-refractivity contribution in [1.82, 2.24) is 10.2 Å². The molecule has 2 aromatic carbocycles. The number of esters is 1. The fourth-order valence-electron chi connectivity index (χ4n) is 2.63. The Balaban J connectivity index is 1.78. The minimum Gasteiger partial charge on any atom is -0.449 e. The van der Waals surface area contributed by atoms with Crippen molar-refractivity contribution in [1.29, 1.82) is 0 Å². The number of methoxy groups -OCH3 is 1. The van der Waals surface area contributed by atoms with Gasteiger partial charge in [0, 0.05) is 37.0 Å². The normalized spacial score (nSPS) is 11.7. The second-order valence-corrected chi connectivity index (χ2v) is 6.27. The van der Waals surface area contributed by atoms with Gasteiger partial charge in [0.25, 0.3) is 11.6 Å². The lowest BCUT2D eigenvalue weighted by Gasteiger charge is -2.13. The van der Waals surface area contributed by atoms with Crippen molar-refractivity contribution in [3.8, 4) is 11.5 Å². The van der Waals surface area contributed by atoms with Crippen LogP contribution in [0.5, 0.6) is 0 Å². The van der Waals surface area contributed by atoms with Crippen LogP contribution in [0.4, 0.5) is 11.4 Å². The molecule has 0 saturated heterocycles. The summed E-state index contributed by atoms with van der Waals surface area (Å²) in [4.78, 5) is 23.3. The summed E-state index contributed by atoms with van der Waals surface area (Å²) in [6, 6.07) is 13.1. The van der Waals surface area contributed by atoms with Crippen LogP contribution in [0.3, 0.4) is 0 Å². The van der Waals surface area contributed by atoms with Crippen LogP contribution in [0, 0.1) is 10.1 Å². The van der Waals surface area contributed by atoms with E-state index in [4.69, 9.17) is 13.9 Å². The Hall–Kier alpha value is -3.79. The number of rotatable bonds is 9. The first-order valence-corrected chi connectivity index (χ1v) is 9.10. The fraction of sp³-hybridized carbons (Fsp3) is 0.250. The maximum absolute atomic E-state index is 12.7. The molecule has 0 aliphatic carbocycles. The number of aromatic nitrogens is 2. The number of hydrogen-bond acceptors (Lipinski definition) is 9. The predicted octanol–water partition coefficient (Wildman–Crippen LogP) is 3.62. The highest BCUT2D eigenvalue weighted by Gasteiger charge is 2.23. The molecule has 0 saturated carbocycles. The number of carbonyl (C=O) groups excluding carboxylic acids is 1. The van der Waals surface area contributed by atoms with Crippen molar-refractivity contribution in [3.63, 3.8) is 0 Å². The number of benzene rings is 2. The molecular weight excluding hydrogens is 392 g/mol. The Morgan fingerprint density at radius 3 is 2.70 bits per heavy atom. The molecule has 3 rings (SSSR count). The Labute approximate surface area is 172 Å². The first kappa shape index (κ1) is 20.9. The number of nitrogens with one attached hydrogen (secondary N) is 1. The molecule has 0 aliphatic heterocycles. The van der Waals surface area contributed by atoms with Gasteiger partial charge in [0.1, 0.15) is 0 Å². The van der Waals surface area contributed by atoms with Crippen LogP contribution < -0.4 is 5.32 Å². The highest BCUT2D eigenvalue weighted by Crippen LogP contribution is 2.27. The molecule has 1 aromatic heterocycles. The Kier molecular flexibility index (Phi) is 6.71. The minimum atomic E-state index is -0.853. The van der Waals surface area contributed by atoms with Gasteiger partial charge in [0.05, 0.1) is 17.1 Å². The molecule has 0 fully saturated rings. The van der Waals surface area contributed by atoms with E-state index < -0.39 is 17.0 Å². The van der Waals surface area contributed by atoms with Gasteiger partial charge >= 0.3 is 5.97 Å². The van der Waals surface area contributed by atoms with Crippen LogP contribution in [-0.2, 0) is 9.47 Å². The van der Waals surface area contributed by atoms with Gasteiger partial charge in [-0.15, -0.1) is 10.2 Å². The molecule has 0 unspecified atom stereocenters. The van der Waals surface area contributed by atoms with Gasteiger partial charge in [0.2, 0.25) is 5.89 Å². The van der Waals surface area contributed by atoms with E-state index >= 15 is 0 Å². The van der Waals surface area contributed by atoms with E-state index in [0.717, 1.165) is 11.6 Å². The number of ether oxygens (including phenoxy) is 2. The van der Waals surface area contributed by atoms with E-state index in [-0.39, 0.29) is 17.1 Å². The molecule has 1 heterocycles. The van der Waals surface area contributed by atoms with Gasteiger partial charge in [-0.05, 0) is 25.1 Å². The van der Waals surface area contributed by atoms with E-state index in [2.05, 4.69) is 15.5 Å². The van der Waals surface area contributed by atoms with Crippen LogP contribution in [0.25, 0.3) is 11.5 Å². The van der Waals surface area contributed by atoms with E-state index in [1.807, 2.05) is 30.3 Å². The number of carbonyl (C=O) groups is 1. The third-order valence-corrected chi connectivity index (χ3v) is 4.15. The molecule has 10 nitrogen and oxygen atoms in total. The molecular formula is C20H20N4O6. The second-order valence-electron chi connectivity index (χ2n) is 6.27. The zero-order valence-electron chi connectivity index (χ0n) is 16.4. The summed E-state index contributed by atoms with van der Waals surface area (Å²) in [5, 5.41) is 22.0. The number of anilines is 1. The summed E-state index contributed by atoms with van der Waals surface area (Å²) in [6.45, 7) is 2.38. The van der Waals surface area contributed by atoms with E-state index in [0.29, 0.717) is 24.7 Å². The van der Waals surface area contributed by atoms with Gasteiger partial charge in [-0.2, -0.15) is 0 Å². The summed E-state index contributed by atoms with van der Waals surface area (Å²) in [6.07, 6.45) is -0.853. The lowest BCUT2D eigenvalue weighted by molar-refractivity contribution is -0.384. The van der Waals surface area contributed by atoms with Gasteiger partial charge in [0.15, 0.2) is 6.10 Å². The molecule has 10 heteroatoms. The molecule has 3 aromatic rings. The highest BCUT2D eigenvalue weighted by atomic mass is 16.6. The lowest BCUT2D eigenvalue weighted by atomic mass is 10.1. The number of nitro benzene ring substituents is 1. The summed E-state index contributed by atoms with van der Waals surface area (Å²) in [5.74, 6) is -0.349. The smallest absolute Gasteiger partial charge is 0.341 e. The lowest BCUT2D eigenvalue weighted by Crippen LogP contribution is -2.15. The second kappa shape index (κ2) is 9.61. The summed E-state index contributed by atoms with van der Waals surface area (Å²) in [7, 11) is 1.54. The fourth-order valence-corrected chi connectivity index (χ4v) is 2.63. The number of nitro groups is 1. The third-order valence-electron chi connectivity index (χ3n) is 4.15. The zero-order chi connectivity index (χ0) is 21.5. The van der Waals surface area contributed by atoms with Crippen molar-refractivity contribution >= 4 is 17.3 Å². The molecule has 156 valence electrons. The van der Waals surface area contributed by atoms with Crippen LogP contribution in [0.2, 0.25) is 0 Å². The number of hydrogen-bond donors (Lipinski definition) is 1. The number of nitrogens with zero attached hydrogens (tertiary/aromatic N) is 3. The Morgan fingerprint density at radius 2 is 2.00 bits per heavy atom. The highest BCUT2D eigenvalue weighted by molar-refractivity contribution is 5.96. The van der Waals surface area contributed by atoms with Crippen molar-refractivity contribution in [2.75, 3.05) is 25.6 Å². The van der Waals surface area contributed by atoms with Crippen LogP contribution in [0.15, 0.2) is 52.9 Å². The van der Waals surface area contributed by atoms with Crippen molar-refractivity contribution < 1.29 is 23.6 Å². The maximum Gasteiger partial charge on any atom is 0.341 e. The summed E-state index contributed by atoms with van der Waals surface area (Å²) >= 11 is 0. The minimum absolute atomic E-state index is 0.0231. The SMILES string of the molecule is COCCNc1ccc([N+](=O)[O-])cc1C(=O)O[C@@H](C)c1nnc(-c2ccccc2)o1. The first-order valence-electron chi connectivity index (χ1n) is 9.10.